The Morgan fingerprint density at radius 1 is 1.64 bits per heavy atom. The third-order valence-electron chi connectivity index (χ3n) is 2.41. The summed E-state index contributed by atoms with van der Waals surface area (Å²) in [5.74, 6) is 0. The summed E-state index contributed by atoms with van der Waals surface area (Å²) in [7, 11) is 0. The van der Waals surface area contributed by atoms with Crippen molar-refractivity contribution < 1.29 is 19.4 Å². The van der Waals surface area contributed by atoms with E-state index >= 15 is 0 Å². The van der Waals surface area contributed by atoms with Crippen LogP contribution in [0.4, 0.5) is 4.79 Å². The summed E-state index contributed by atoms with van der Waals surface area (Å²) in [6.45, 7) is 0.215. The molecule has 0 radical (unpaired) electrons. The Bertz CT molecular complexity index is 191. The quantitative estimate of drug-likeness (QED) is 0.519. The molecule has 1 N–H and O–H groups in total. The van der Waals surface area contributed by atoms with E-state index in [4.69, 9.17) is 4.74 Å². The number of ether oxygens (including phenoxy) is 2. The Morgan fingerprint density at radius 2 is 2.45 bits per heavy atom. The lowest BCUT2D eigenvalue weighted by Crippen LogP contribution is -2.39. The average molecular weight is 158 g/mol. The van der Waals surface area contributed by atoms with Gasteiger partial charge in [-0.1, -0.05) is 0 Å². The minimum atomic E-state index is -0.697. The van der Waals surface area contributed by atoms with Gasteiger partial charge in [0.1, 0.15) is 6.61 Å². The second-order valence-corrected chi connectivity index (χ2v) is 3.11. The fraction of sp³-hybridized carbons (Fsp3) is 0.857. The summed E-state index contributed by atoms with van der Waals surface area (Å²) in [4.78, 5) is 10.6. The van der Waals surface area contributed by atoms with Crippen LogP contribution in [-0.4, -0.2) is 29.6 Å². The zero-order valence-corrected chi connectivity index (χ0v) is 6.08. The minimum Gasteiger partial charge on any atom is -0.430 e. The van der Waals surface area contributed by atoms with Gasteiger partial charge >= 0.3 is 6.16 Å². The Hall–Kier alpha value is -0.770. The highest BCUT2D eigenvalue weighted by Gasteiger charge is 2.51. The topological polar surface area (TPSA) is 55.8 Å². The molecule has 2 unspecified atom stereocenters. The van der Waals surface area contributed by atoms with E-state index in [0.717, 1.165) is 12.8 Å². The standard InChI is InChI=1S/C7H10O4/c8-5-2-1-3-7(5)4-10-6(9)11-7/h5,8H,1-4H2. The molecule has 4 heteroatoms. The number of carbonyl (C=O) groups is 1. The van der Waals surface area contributed by atoms with Gasteiger partial charge in [0.15, 0.2) is 5.60 Å². The summed E-state index contributed by atoms with van der Waals surface area (Å²) in [5.41, 5.74) is -0.697. The van der Waals surface area contributed by atoms with Crippen LogP contribution in [-0.2, 0) is 9.47 Å². The van der Waals surface area contributed by atoms with Gasteiger partial charge in [0, 0.05) is 0 Å². The predicted molar refractivity (Wildman–Crippen MR) is 35.0 cm³/mol. The van der Waals surface area contributed by atoms with E-state index in [-0.39, 0.29) is 6.61 Å². The zero-order chi connectivity index (χ0) is 7.90. The van der Waals surface area contributed by atoms with Gasteiger partial charge in [-0.3, -0.25) is 0 Å². The molecule has 0 amide bonds. The second kappa shape index (κ2) is 2.11. The highest BCUT2D eigenvalue weighted by Crippen LogP contribution is 2.37. The molecule has 2 fully saturated rings. The number of aliphatic hydroxyl groups excluding tert-OH is 1. The molecule has 1 saturated heterocycles. The molecule has 1 aliphatic carbocycles. The molecule has 1 heterocycles. The highest BCUT2D eigenvalue weighted by molar-refractivity contribution is 5.63. The fourth-order valence-electron chi connectivity index (χ4n) is 1.72. The molecule has 0 aromatic heterocycles. The van der Waals surface area contributed by atoms with Crippen LogP contribution in [0, 0.1) is 0 Å². The molecular weight excluding hydrogens is 148 g/mol. The molecule has 11 heavy (non-hydrogen) atoms. The van der Waals surface area contributed by atoms with Crippen molar-refractivity contribution in [2.24, 2.45) is 0 Å². The zero-order valence-electron chi connectivity index (χ0n) is 6.08. The Morgan fingerprint density at radius 3 is 2.91 bits per heavy atom. The molecule has 0 aromatic rings. The normalized spacial score (nSPS) is 42.6. The number of carbonyl (C=O) groups excluding carboxylic acids is 1. The molecule has 62 valence electrons. The fourth-order valence-corrected chi connectivity index (χ4v) is 1.72. The van der Waals surface area contributed by atoms with Crippen LogP contribution in [0.3, 0.4) is 0 Å². The summed E-state index contributed by atoms with van der Waals surface area (Å²) >= 11 is 0. The number of cyclic esters (lactones) is 1. The van der Waals surface area contributed by atoms with Gasteiger partial charge in [-0.2, -0.15) is 0 Å². The third kappa shape index (κ3) is 0.894. The molecule has 0 bridgehead atoms. The van der Waals surface area contributed by atoms with Crippen LogP contribution in [0.5, 0.6) is 0 Å². The van der Waals surface area contributed by atoms with Gasteiger partial charge in [0.05, 0.1) is 6.10 Å². The van der Waals surface area contributed by atoms with E-state index in [2.05, 4.69) is 4.74 Å². The maximum absolute atomic E-state index is 10.6. The average Bonchev–Trinajstić information content (AvgIpc) is 2.46. The summed E-state index contributed by atoms with van der Waals surface area (Å²) in [5, 5.41) is 9.44. The van der Waals surface area contributed by atoms with Crippen LogP contribution in [0.25, 0.3) is 0 Å². The molecule has 1 saturated carbocycles. The van der Waals surface area contributed by atoms with Crippen LogP contribution in [0.2, 0.25) is 0 Å². The molecule has 1 spiro atoms. The molecule has 2 rings (SSSR count). The summed E-state index contributed by atoms with van der Waals surface area (Å²) < 4.78 is 9.55. The van der Waals surface area contributed by atoms with Crippen molar-refractivity contribution in [3.05, 3.63) is 0 Å². The van der Waals surface area contributed by atoms with Crippen molar-refractivity contribution in [2.75, 3.05) is 6.61 Å². The van der Waals surface area contributed by atoms with Gasteiger partial charge in [-0.25, -0.2) is 4.79 Å². The smallest absolute Gasteiger partial charge is 0.430 e. The first-order valence-corrected chi connectivity index (χ1v) is 3.77. The van der Waals surface area contributed by atoms with E-state index in [1.807, 2.05) is 0 Å². The molecule has 0 aromatic carbocycles. The Balaban J connectivity index is 2.16. The van der Waals surface area contributed by atoms with Gasteiger partial charge in [-0.15, -0.1) is 0 Å². The van der Waals surface area contributed by atoms with Gasteiger partial charge in [0.2, 0.25) is 0 Å². The number of aliphatic hydroxyl groups is 1. The first-order chi connectivity index (χ1) is 5.23. The Kier molecular flexibility index (Phi) is 1.32. The molecule has 4 nitrogen and oxygen atoms in total. The maximum Gasteiger partial charge on any atom is 0.509 e. The summed E-state index contributed by atoms with van der Waals surface area (Å²) in [6.07, 6.45) is 1.15. The van der Waals surface area contributed by atoms with Crippen LogP contribution in [0.1, 0.15) is 19.3 Å². The third-order valence-corrected chi connectivity index (χ3v) is 2.41. The van der Waals surface area contributed by atoms with Crippen molar-refractivity contribution in [2.45, 2.75) is 31.0 Å². The van der Waals surface area contributed by atoms with Crippen LogP contribution >= 0.6 is 0 Å². The molecule has 2 atom stereocenters. The van der Waals surface area contributed by atoms with E-state index in [9.17, 15) is 9.90 Å². The van der Waals surface area contributed by atoms with Gasteiger partial charge in [0.25, 0.3) is 0 Å². The largest absolute Gasteiger partial charge is 0.509 e. The van der Waals surface area contributed by atoms with Crippen LogP contribution in [0.15, 0.2) is 0 Å². The van der Waals surface area contributed by atoms with E-state index < -0.39 is 17.9 Å². The SMILES string of the molecule is O=C1OCC2(CCCC2O)O1. The molecule has 2 aliphatic rings. The lowest BCUT2D eigenvalue weighted by Gasteiger charge is -2.21. The number of hydrogen-bond acceptors (Lipinski definition) is 4. The molecule has 1 aliphatic heterocycles. The first kappa shape index (κ1) is 6.91. The van der Waals surface area contributed by atoms with E-state index in [0.29, 0.717) is 6.42 Å². The van der Waals surface area contributed by atoms with Crippen molar-refractivity contribution in [1.82, 2.24) is 0 Å². The van der Waals surface area contributed by atoms with Crippen molar-refractivity contribution in [3.8, 4) is 0 Å². The van der Waals surface area contributed by atoms with E-state index in [1.165, 1.54) is 0 Å². The number of rotatable bonds is 0. The maximum atomic E-state index is 10.6. The monoisotopic (exact) mass is 158 g/mol. The van der Waals surface area contributed by atoms with Crippen molar-refractivity contribution >= 4 is 6.16 Å². The van der Waals surface area contributed by atoms with Crippen molar-refractivity contribution in [3.63, 3.8) is 0 Å². The highest BCUT2D eigenvalue weighted by atomic mass is 16.8. The molecular formula is C7H10O4. The minimum absolute atomic E-state index is 0.215. The second-order valence-electron chi connectivity index (χ2n) is 3.11. The lowest BCUT2D eigenvalue weighted by molar-refractivity contribution is -0.0312. The number of hydrogen-bond donors (Lipinski definition) is 1. The Labute approximate surface area is 64.1 Å². The predicted octanol–water partition coefficient (Wildman–Crippen LogP) is 0.437. The summed E-state index contributed by atoms with van der Waals surface area (Å²) in [6, 6.07) is 0. The van der Waals surface area contributed by atoms with E-state index in [1.54, 1.807) is 0 Å². The van der Waals surface area contributed by atoms with Crippen LogP contribution < -0.4 is 0 Å². The first-order valence-electron chi connectivity index (χ1n) is 3.77. The van der Waals surface area contributed by atoms with Gasteiger partial charge < -0.3 is 14.6 Å². The lowest BCUT2D eigenvalue weighted by atomic mass is 10.0. The van der Waals surface area contributed by atoms with Crippen molar-refractivity contribution in [1.29, 1.82) is 0 Å². The van der Waals surface area contributed by atoms with Gasteiger partial charge in [-0.05, 0) is 19.3 Å².